The second kappa shape index (κ2) is 3.45. The highest BCUT2D eigenvalue weighted by Crippen LogP contribution is 2.35. The van der Waals surface area contributed by atoms with Crippen LogP contribution in [0.2, 0.25) is 0 Å². The fourth-order valence-corrected chi connectivity index (χ4v) is 2.15. The van der Waals surface area contributed by atoms with Crippen LogP contribution in [0.1, 0.15) is 19.3 Å². The van der Waals surface area contributed by atoms with E-state index >= 15 is 0 Å². The van der Waals surface area contributed by atoms with E-state index in [9.17, 15) is 5.11 Å². The van der Waals surface area contributed by atoms with Gasteiger partial charge in [0.15, 0.2) is 0 Å². The minimum Gasteiger partial charge on any atom is -0.394 e. The Kier molecular flexibility index (Phi) is 2.07. The predicted molar refractivity (Wildman–Crippen MR) is 61.2 cm³/mol. The summed E-state index contributed by atoms with van der Waals surface area (Å²) in [5.74, 6) is 0.806. The van der Waals surface area contributed by atoms with E-state index in [0.29, 0.717) is 0 Å². The van der Waals surface area contributed by atoms with E-state index in [0.717, 1.165) is 36.1 Å². The smallest absolute Gasteiger partial charge is 0.142 e. The number of aliphatic hydroxyl groups is 1. The number of aromatic nitrogens is 3. The second-order valence-corrected chi connectivity index (χ2v) is 4.38. The third-order valence-electron chi connectivity index (χ3n) is 3.35. The van der Waals surface area contributed by atoms with Crippen LogP contribution in [-0.2, 0) is 0 Å². The Morgan fingerprint density at radius 2 is 2.31 bits per heavy atom. The normalized spacial score (nSPS) is 18.3. The number of fused-ring (bicyclic) bond motifs is 1. The van der Waals surface area contributed by atoms with Crippen molar-refractivity contribution >= 4 is 16.9 Å². The van der Waals surface area contributed by atoms with E-state index in [1.807, 2.05) is 12.3 Å². The van der Waals surface area contributed by atoms with Crippen molar-refractivity contribution in [2.24, 2.45) is 0 Å². The molecule has 1 fully saturated rings. The molecule has 2 aromatic heterocycles. The van der Waals surface area contributed by atoms with E-state index in [4.69, 9.17) is 0 Å². The summed E-state index contributed by atoms with van der Waals surface area (Å²) in [6.45, 7) is 0.156. The first-order chi connectivity index (χ1) is 7.83. The van der Waals surface area contributed by atoms with Crippen LogP contribution in [0.15, 0.2) is 18.6 Å². The molecule has 1 saturated carbocycles. The van der Waals surface area contributed by atoms with Crippen LogP contribution in [0.4, 0.5) is 5.82 Å². The van der Waals surface area contributed by atoms with Gasteiger partial charge in [0.25, 0.3) is 0 Å². The fourth-order valence-electron chi connectivity index (χ4n) is 2.15. The molecule has 2 heterocycles. The molecule has 3 rings (SSSR count). The second-order valence-electron chi connectivity index (χ2n) is 4.38. The molecule has 16 heavy (non-hydrogen) atoms. The highest BCUT2D eigenvalue weighted by molar-refractivity contribution is 5.87. The number of H-pyrrole nitrogens is 1. The quantitative estimate of drug-likeness (QED) is 0.725. The largest absolute Gasteiger partial charge is 0.394 e. The number of rotatable bonds is 3. The van der Waals surface area contributed by atoms with Crippen molar-refractivity contribution in [2.75, 3.05) is 11.9 Å². The minimum atomic E-state index is -0.168. The molecule has 0 bridgehead atoms. The standard InChI is InChI=1S/C11H14N4O/c16-6-11(3-1-4-11)15-10-8-2-5-12-9(8)13-7-14-10/h2,5,7,16H,1,3-4,6H2,(H2,12,13,14,15). The van der Waals surface area contributed by atoms with E-state index in [1.165, 1.54) is 6.33 Å². The summed E-state index contributed by atoms with van der Waals surface area (Å²) in [6, 6.07) is 1.95. The molecule has 0 saturated heterocycles. The Morgan fingerprint density at radius 1 is 1.44 bits per heavy atom. The number of nitrogens with zero attached hydrogens (tertiary/aromatic N) is 2. The molecular weight excluding hydrogens is 204 g/mol. The van der Waals surface area contributed by atoms with Crippen molar-refractivity contribution in [3.05, 3.63) is 18.6 Å². The summed E-state index contributed by atoms with van der Waals surface area (Å²) in [7, 11) is 0. The van der Waals surface area contributed by atoms with Crippen LogP contribution in [0, 0.1) is 0 Å². The highest BCUT2D eigenvalue weighted by Gasteiger charge is 2.36. The van der Waals surface area contributed by atoms with Crippen molar-refractivity contribution in [1.29, 1.82) is 0 Å². The number of anilines is 1. The van der Waals surface area contributed by atoms with Crippen LogP contribution in [0.25, 0.3) is 11.0 Å². The van der Waals surface area contributed by atoms with Gasteiger partial charge in [-0.1, -0.05) is 0 Å². The van der Waals surface area contributed by atoms with Crippen molar-refractivity contribution in [3.63, 3.8) is 0 Å². The van der Waals surface area contributed by atoms with Crippen LogP contribution in [0.5, 0.6) is 0 Å². The Balaban J connectivity index is 1.96. The topological polar surface area (TPSA) is 73.8 Å². The molecule has 5 nitrogen and oxygen atoms in total. The van der Waals surface area contributed by atoms with Crippen LogP contribution in [-0.4, -0.2) is 32.2 Å². The molecule has 0 unspecified atom stereocenters. The number of hydrogen-bond donors (Lipinski definition) is 3. The third-order valence-corrected chi connectivity index (χ3v) is 3.35. The van der Waals surface area contributed by atoms with E-state index < -0.39 is 0 Å². The molecule has 0 radical (unpaired) electrons. The van der Waals surface area contributed by atoms with Gasteiger partial charge in [-0.15, -0.1) is 0 Å². The van der Waals surface area contributed by atoms with Crippen LogP contribution >= 0.6 is 0 Å². The average molecular weight is 218 g/mol. The summed E-state index contributed by atoms with van der Waals surface area (Å²) in [5.41, 5.74) is 0.656. The molecule has 5 heteroatoms. The van der Waals surface area contributed by atoms with Gasteiger partial charge >= 0.3 is 0 Å². The molecule has 84 valence electrons. The Hall–Kier alpha value is -1.62. The molecule has 0 spiro atoms. The molecule has 0 amide bonds. The lowest BCUT2D eigenvalue weighted by Crippen LogP contribution is -2.48. The third kappa shape index (κ3) is 1.36. The first-order valence-electron chi connectivity index (χ1n) is 5.50. The van der Waals surface area contributed by atoms with Crippen molar-refractivity contribution < 1.29 is 5.11 Å². The van der Waals surface area contributed by atoms with Gasteiger partial charge in [-0.05, 0) is 25.3 Å². The zero-order valence-corrected chi connectivity index (χ0v) is 8.90. The van der Waals surface area contributed by atoms with Gasteiger partial charge in [-0.25, -0.2) is 9.97 Å². The zero-order valence-electron chi connectivity index (χ0n) is 8.90. The Morgan fingerprint density at radius 3 is 3.00 bits per heavy atom. The first kappa shape index (κ1) is 9.59. The number of nitrogens with one attached hydrogen (secondary N) is 2. The molecule has 1 aliphatic carbocycles. The van der Waals surface area contributed by atoms with Gasteiger partial charge in [0.1, 0.15) is 17.8 Å². The van der Waals surface area contributed by atoms with Crippen molar-refractivity contribution in [3.8, 4) is 0 Å². The number of aliphatic hydroxyl groups excluding tert-OH is 1. The SMILES string of the molecule is OCC1(Nc2ncnc3[nH]ccc23)CCC1. The Bertz CT molecular complexity index is 498. The van der Waals surface area contributed by atoms with Gasteiger partial charge in [-0.3, -0.25) is 0 Å². The maximum absolute atomic E-state index is 9.41. The average Bonchev–Trinajstić information content (AvgIpc) is 2.72. The summed E-state index contributed by atoms with van der Waals surface area (Å²) >= 11 is 0. The monoisotopic (exact) mass is 218 g/mol. The summed E-state index contributed by atoms with van der Waals surface area (Å²) < 4.78 is 0. The minimum absolute atomic E-state index is 0.156. The van der Waals surface area contributed by atoms with E-state index in [2.05, 4.69) is 20.3 Å². The van der Waals surface area contributed by atoms with Gasteiger partial charge in [0.2, 0.25) is 0 Å². The lowest BCUT2D eigenvalue weighted by molar-refractivity contribution is 0.144. The molecule has 2 aromatic rings. The molecular formula is C11H14N4O. The summed E-state index contributed by atoms with van der Waals surface area (Å²) in [4.78, 5) is 11.4. The van der Waals surface area contributed by atoms with Crippen LogP contribution in [0.3, 0.4) is 0 Å². The van der Waals surface area contributed by atoms with Crippen LogP contribution < -0.4 is 5.32 Å². The fraction of sp³-hybridized carbons (Fsp3) is 0.455. The predicted octanol–water partition coefficient (Wildman–Crippen LogP) is 1.28. The molecule has 1 aliphatic rings. The maximum atomic E-state index is 9.41. The van der Waals surface area contributed by atoms with Crippen molar-refractivity contribution in [2.45, 2.75) is 24.8 Å². The maximum Gasteiger partial charge on any atom is 0.142 e. The molecule has 0 aliphatic heterocycles. The zero-order chi connectivity index (χ0) is 11.0. The van der Waals surface area contributed by atoms with Gasteiger partial charge in [-0.2, -0.15) is 0 Å². The summed E-state index contributed by atoms with van der Waals surface area (Å²) in [6.07, 6.45) is 6.54. The highest BCUT2D eigenvalue weighted by atomic mass is 16.3. The van der Waals surface area contributed by atoms with Gasteiger partial charge in [0, 0.05) is 6.20 Å². The molecule has 3 N–H and O–H groups in total. The first-order valence-corrected chi connectivity index (χ1v) is 5.50. The van der Waals surface area contributed by atoms with E-state index in [-0.39, 0.29) is 12.1 Å². The van der Waals surface area contributed by atoms with Gasteiger partial charge in [0.05, 0.1) is 17.5 Å². The molecule has 0 atom stereocenters. The molecule has 0 aromatic carbocycles. The lowest BCUT2D eigenvalue weighted by atomic mass is 9.77. The van der Waals surface area contributed by atoms with E-state index in [1.54, 1.807) is 0 Å². The number of aromatic amines is 1. The Labute approximate surface area is 92.9 Å². The lowest BCUT2D eigenvalue weighted by Gasteiger charge is -2.41. The number of hydrogen-bond acceptors (Lipinski definition) is 4. The van der Waals surface area contributed by atoms with Gasteiger partial charge < -0.3 is 15.4 Å². The van der Waals surface area contributed by atoms with Crippen molar-refractivity contribution in [1.82, 2.24) is 15.0 Å². The summed E-state index contributed by atoms with van der Waals surface area (Å²) in [5, 5.41) is 13.7.